The summed E-state index contributed by atoms with van der Waals surface area (Å²) < 4.78 is 0. The van der Waals surface area contributed by atoms with Crippen LogP contribution in [0.4, 0.5) is 5.69 Å². The van der Waals surface area contributed by atoms with Crippen molar-refractivity contribution >= 4 is 5.69 Å². The molecule has 1 aliphatic rings. The molecule has 0 heterocycles. The first-order chi connectivity index (χ1) is 6.95. The molecule has 0 unspecified atom stereocenters. The Hall–Kier alpha value is -1.50. The molecule has 0 aliphatic heterocycles. The Morgan fingerprint density at radius 3 is 2.64 bits per heavy atom. The molecule has 0 saturated carbocycles. The minimum atomic E-state index is 0.931. The van der Waals surface area contributed by atoms with Gasteiger partial charge in [0.05, 0.1) is 0 Å². The van der Waals surface area contributed by atoms with Gasteiger partial charge in [-0.05, 0) is 30.5 Å². The van der Waals surface area contributed by atoms with Gasteiger partial charge in [-0.3, -0.25) is 0 Å². The number of anilines is 1. The van der Waals surface area contributed by atoms with E-state index in [4.69, 9.17) is 0 Å². The van der Waals surface area contributed by atoms with Gasteiger partial charge in [0.2, 0.25) is 0 Å². The molecule has 0 bridgehead atoms. The number of allylic oxidation sites excluding steroid dienone is 2. The Kier molecular flexibility index (Phi) is 3.02. The van der Waals surface area contributed by atoms with Gasteiger partial charge in [0.1, 0.15) is 0 Å². The quantitative estimate of drug-likeness (QED) is 0.761. The van der Waals surface area contributed by atoms with E-state index in [9.17, 15) is 0 Å². The van der Waals surface area contributed by atoms with Gasteiger partial charge in [-0.25, -0.2) is 0 Å². The number of para-hydroxylation sites is 1. The fourth-order valence-electron chi connectivity index (χ4n) is 1.56. The SMILES string of the molecule is C1=CC(CNc2ccccc2)=CCC1. The summed E-state index contributed by atoms with van der Waals surface area (Å²) in [6.45, 7) is 0.931. The van der Waals surface area contributed by atoms with Crippen molar-refractivity contribution in [2.75, 3.05) is 11.9 Å². The summed E-state index contributed by atoms with van der Waals surface area (Å²) in [6.07, 6.45) is 9.12. The predicted molar refractivity (Wildman–Crippen MR) is 61.4 cm³/mol. The minimum absolute atomic E-state index is 0.931. The highest BCUT2D eigenvalue weighted by atomic mass is 14.9. The first kappa shape index (κ1) is 9.07. The van der Waals surface area contributed by atoms with Crippen molar-refractivity contribution in [3.8, 4) is 0 Å². The summed E-state index contributed by atoms with van der Waals surface area (Å²) in [5, 5.41) is 3.39. The first-order valence-electron chi connectivity index (χ1n) is 5.09. The summed E-state index contributed by atoms with van der Waals surface area (Å²) >= 11 is 0. The summed E-state index contributed by atoms with van der Waals surface area (Å²) in [4.78, 5) is 0. The standard InChI is InChI=1S/C13H15N/c1-3-7-12(8-4-1)11-14-13-9-5-2-6-10-13/h2-3,5-10,14H,1,4,11H2. The fourth-order valence-corrected chi connectivity index (χ4v) is 1.56. The van der Waals surface area contributed by atoms with E-state index >= 15 is 0 Å². The van der Waals surface area contributed by atoms with E-state index in [2.05, 4.69) is 35.7 Å². The average Bonchev–Trinajstić information content (AvgIpc) is 2.29. The molecule has 0 saturated heterocycles. The normalized spacial score (nSPS) is 15.0. The molecule has 14 heavy (non-hydrogen) atoms. The molecule has 0 spiro atoms. The third-order valence-corrected chi connectivity index (χ3v) is 2.34. The van der Waals surface area contributed by atoms with Gasteiger partial charge in [0.25, 0.3) is 0 Å². The maximum Gasteiger partial charge on any atom is 0.0397 e. The third kappa shape index (κ3) is 2.49. The van der Waals surface area contributed by atoms with Gasteiger partial charge in [0, 0.05) is 12.2 Å². The van der Waals surface area contributed by atoms with Crippen molar-refractivity contribution in [2.24, 2.45) is 0 Å². The summed E-state index contributed by atoms with van der Waals surface area (Å²) in [5.41, 5.74) is 2.58. The molecule has 2 rings (SSSR count). The van der Waals surface area contributed by atoms with Crippen LogP contribution in [0.2, 0.25) is 0 Å². The van der Waals surface area contributed by atoms with E-state index in [1.807, 2.05) is 18.2 Å². The minimum Gasteiger partial charge on any atom is -0.381 e. The van der Waals surface area contributed by atoms with Crippen molar-refractivity contribution < 1.29 is 0 Å². The van der Waals surface area contributed by atoms with Gasteiger partial charge in [-0.15, -0.1) is 0 Å². The fraction of sp³-hybridized carbons (Fsp3) is 0.231. The Bertz CT molecular complexity index is 336. The van der Waals surface area contributed by atoms with Crippen LogP contribution in [0.1, 0.15) is 12.8 Å². The zero-order chi connectivity index (χ0) is 9.64. The van der Waals surface area contributed by atoms with Crippen LogP contribution < -0.4 is 5.32 Å². The maximum atomic E-state index is 3.39. The van der Waals surface area contributed by atoms with E-state index in [0.717, 1.165) is 6.54 Å². The molecule has 1 heteroatoms. The second-order valence-electron chi connectivity index (χ2n) is 3.48. The van der Waals surface area contributed by atoms with Crippen molar-refractivity contribution in [1.29, 1.82) is 0 Å². The van der Waals surface area contributed by atoms with E-state index in [1.54, 1.807) is 0 Å². The Labute approximate surface area is 85.2 Å². The third-order valence-electron chi connectivity index (χ3n) is 2.34. The summed E-state index contributed by atoms with van der Waals surface area (Å²) in [7, 11) is 0. The van der Waals surface area contributed by atoms with Crippen LogP contribution in [0.5, 0.6) is 0 Å². The van der Waals surface area contributed by atoms with Crippen LogP contribution in [-0.2, 0) is 0 Å². The Balaban J connectivity index is 1.88. The lowest BCUT2D eigenvalue weighted by Crippen LogP contribution is -2.04. The van der Waals surface area contributed by atoms with Crippen molar-refractivity contribution in [3.05, 3.63) is 54.1 Å². The monoisotopic (exact) mass is 185 g/mol. The number of nitrogens with one attached hydrogen (secondary N) is 1. The molecule has 1 aromatic carbocycles. The van der Waals surface area contributed by atoms with Crippen molar-refractivity contribution in [1.82, 2.24) is 0 Å². The smallest absolute Gasteiger partial charge is 0.0397 e. The Morgan fingerprint density at radius 2 is 1.93 bits per heavy atom. The van der Waals surface area contributed by atoms with Crippen LogP contribution in [-0.4, -0.2) is 6.54 Å². The van der Waals surface area contributed by atoms with Crippen molar-refractivity contribution in [2.45, 2.75) is 12.8 Å². The highest BCUT2D eigenvalue weighted by Crippen LogP contribution is 2.11. The zero-order valence-electron chi connectivity index (χ0n) is 8.24. The topological polar surface area (TPSA) is 12.0 Å². The molecule has 1 N–H and O–H groups in total. The molecule has 0 amide bonds. The predicted octanol–water partition coefficient (Wildman–Crippen LogP) is 3.37. The van der Waals surface area contributed by atoms with Crippen LogP contribution in [0, 0.1) is 0 Å². The average molecular weight is 185 g/mol. The molecule has 72 valence electrons. The van der Waals surface area contributed by atoms with Gasteiger partial charge in [-0.2, -0.15) is 0 Å². The van der Waals surface area contributed by atoms with Gasteiger partial charge in [0.15, 0.2) is 0 Å². The van der Waals surface area contributed by atoms with E-state index < -0.39 is 0 Å². The number of rotatable bonds is 3. The highest BCUT2D eigenvalue weighted by Gasteiger charge is 1.96. The van der Waals surface area contributed by atoms with E-state index in [1.165, 1.54) is 24.1 Å². The molecular weight excluding hydrogens is 170 g/mol. The molecule has 1 nitrogen and oxygen atoms in total. The lowest BCUT2D eigenvalue weighted by atomic mass is 10.1. The zero-order valence-corrected chi connectivity index (χ0v) is 8.24. The molecule has 0 radical (unpaired) electrons. The molecule has 0 fully saturated rings. The van der Waals surface area contributed by atoms with Crippen LogP contribution in [0.25, 0.3) is 0 Å². The largest absolute Gasteiger partial charge is 0.381 e. The van der Waals surface area contributed by atoms with Gasteiger partial charge >= 0.3 is 0 Å². The second-order valence-corrected chi connectivity index (χ2v) is 3.48. The molecule has 0 aromatic heterocycles. The number of hydrogen-bond acceptors (Lipinski definition) is 1. The first-order valence-corrected chi connectivity index (χ1v) is 5.09. The van der Waals surface area contributed by atoms with Gasteiger partial charge in [-0.1, -0.05) is 36.4 Å². The molecular formula is C13H15N. The molecule has 1 aliphatic carbocycles. The van der Waals surface area contributed by atoms with Crippen LogP contribution in [0.15, 0.2) is 54.1 Å². The lowest BCUT2D eigenvalue weighted by Gasteiger charge is -2.09. The Morgan fingerprint density at radius 1 is 1.07 bits per heavy atom. The molecule has 0 atom stereocenters. The molecule has 1 aromatic rings. The van der Waals surface area contributed by atoms with Crippen LogP contribution in [0.3, 0.4) is 0 Å². The second kappa shape index (κ2) is 4.66. The number of benzene rings is 1. The van der Waals surface area contributed by atoms with E-state index in [0.29, 0.717) is 0 Å². The lowest BCUT2D eigenvalue weighted by molar-refractivity contribution is 1.00. The van der Waals surface area contributed by atoms with Crippen molar-refractivity contribution in [3.63, 3.8) is 0 Å². The summed E-state index contributed by atoms with van der Waals surface area (Å²) in [5.74, 6) is 0. The number of hydrogen-bond donors (Lipinski definition) is 1. The van der Waals surface area contributed by atoms with Crippen LogP contribution >= 0.6 is 0 Å². The van der Waals surface area contributed by atoms with Gasteiger partial charge < -0.3 is 5.32 Å². The summed E-state index contributed by atoms with van der Waals surface area (Å²) in [6, 6.07) is 10.3. The maximum absolute atomic E-state index is 3.39. The highest BCUT2D eigenvalue weighted by molar-refractivity contribution is 5.44. The van der Waals surface area contributed by atoms with E-state index in [-0.39, 0.29) is 0 Å².